The van der Waals surface area contributed by atoms with Crippen LogP contribution in [0.25, 0.3) is 0 Å². The molecule has 2 rings (SSSR count). The lowest BCUT2D eigenvalue weighted by Gasteiger charge is -2.23. The third-order valence-corrected chi connectivity index (χ3v) is 4.19. The van der Waals surface area contributed by atoms with Crippen LogP contribution in [0, 0.1) is 11.3 Å². The molecule has 0 spiro atoms. The molecule has 27 heavy (non-hydrogen) atoms. The van der Waals surface area contributed by atoms with Gasteiger partial charge < -0.3 is 14.8 Å². The Morgan fingerprint density at radius 1 is 1.19 bits per heavy atom. The molecule has 2 N–H and O–H groups in total. The summed E-state index contributed by atoms with van der Waals surface area (Å²) in [7, 11) is 0. The molecule has 0 bridgehead atoms. The van der Waals surface area contributed by atoms with E-state index in [0.717, 1.165) is 32.1 Å². The van der Waals surface area contributed by atoms with Crippen LogP contribution in [-0.2, 0) is 14.3 Å². The average Bonchev–Trinajstić information content (AvgIpc) is 2.67. The summed E-state index contributed by atoms with van der Waals surface area (Å²) in [6.45, 7) is 0.987. The third kappa shape index (κ3) is 6.98. The van der Waals surface area contributed by atoms with Crippen LogP contribution < -0.4 is 15.4 Å². The van der Waals surface area contributed by atoms with Crippen molar-refractivity contribution in [1.29, 1.82) is 5.26 Å². The van der Waals surface area contributed by atoms with Gasteiger partial charge in [-0.15, -0.1) is 0 Å². The van der Waals surface area contributed by atoms with Gasteiger partial charge in [0.2, 0.25) is 0 Å². The van der Waals surface area contributed by atoms with Gasteiger partial charge in [0.15, 0.2) is 12.7 Å². The Kier molecular flexibility index (Phi) is 7.62. The molecule has 1 aromatic carbocycles. The molecular formula is C19H23N3O5. The van der Waals surface area contributed by atoms with E-state index in [-0.39, 0.29) is 6.04 Å². The van der Waals surface area contributed by atoms with Gasteiger partial charge in [-0.3, -0.25) is 10.1 Å². The second-order valence-electron chi connectivity index (χ2n) is 6.35. The van der Waals surface area contributed by atoms with E-state index >= 15 is 0 Å². The van der Waals surface area contributed by atoms with Crippen LogP contribution in [0.1, 0.15) is 44.6 Å². The standard InChI is InChI=1S/C19H23N3O5/c1-13(18(24)22-19(25)21-15-5-3-2-4-6-15)27-17(23)12-26-16-9-7-14(11-20)8-10-16/h7-10,13,15H,2-6,12H2,1H3,(H2,21,22,24,25)/t13-/m0/s1. The number of rotatable bonds is 6. The number of ether oxygens (including phenoxy) is 2. The van der Waals surface area contributed by atoms with Gasteiger partial charge in [0, 0.05) is 6.04 Å². The van der Waals surface area contributed by atoms with E-state index in [4.69, 9.17) is 14.7 Å². The van der Waals surface area contributed by atoms with Crippen molar-refractivity contribution in [2.24, 2.45) is 0 Å². The largest absolute Gasteiger partial charge is 0.482 e. The van der Waals surface area contributed by atoms with Crippen LogP contribution in [0.15, 0.2) is 24.3 Å². The van der Waals surface area contributed by atoms with Gasteiger partial charge in [0.05, 0.1) is 11.6 Å². The zero-order valence-electron chi connectivity index (χ0n) is 15.2. The lowest BCUT2D eigenvalue weighted by molar-refractivity contribution is -0.156. The molecule has 1 fully saturated rings. The topological polar surface area (TPSA) is 118 Å². The van der Waals surface area contributed by atoms with Crippen molar-refractivity contribution in [1.82, 2.24) is 10.6 Å². The minimum Gasteiger partial charge on any atom is -0.482 e. The van der Waals surface area contributed by atoms with Gasteiger partial charge in [-0.1, -0.05) is 19.3 Å². The Labute approximate surface area is 157 Å². The normalized spacial score (nSPS) is 15.1. The van der Waals surface area contributed by atoms with Gasteiger partial charge in [-0.25, -0.2) is 9.59 Å². The maximum atomic E-state index is 12.0. The molecule has 0 saturated heterocycles. The van der Waals surface area contributed by atoms with Crippen LogP contribution in [0.4, 0.5) is 4.79 Å². The summed E-state index contributed by atoms with van der Waals surface area (Å²) >= 11 is 0. The SMILES string of the molecule is C[C@H](OC(=O)COc1ccc(C#N)cc1)C(=O)NC(=O)NC1CCCCC1. The lowest BCUT2D eigenvalue weighted by Crippen LogP contribution is -2.48. The van der Waals surface area contributed by atoms with E-state index < -0.39 is 30.6 Å². The Balaban J connectivity index is 1.69. The molecule has 3 amide bonds. The van der Waals surface area contributed by atoms with E-state index in [0.29, 0.717) is 11.3 Å². The Morgan fingerprint density at radius 3 is 2.48 bits per heavy atom. The van der Waals surface area contributed by atoms with Gasteiger partial charge in [0.1, 0.15) is 5.75 Å². The van der Waals surface area contributed by atoms with E-state index in [2.05, 4.69) is 10.6 Å². The second kappa shape index (κ2) is 10.2. The number of imide groups is 1. The zero-order chi connectivity index (χ0) is 19.6. The van der Waals surface area contributed by atoms with E-state index in [1.807, 2.05) is 6.07 Å². The lowest BCUT2D eigenvalue weighted by atomic mass is 9.96. The summed E-state index contributed by atoms with van der Waals surface area (Å²) in [5.74, 6) is -1.04. The summed E-state index contributed by atoms with van der Waals surface area (Å²) < 4.78 is 10.2. The number of carbonyl (C=O) groups excluding carboxylic acids is 3. The van der Waals surface area contributed by atoms with Gasteiger partial charge in [0.25, 0.3) is 5.91 Å². The maximum absolute atomic E-state index is 12.0. The smallest absolute Gasteiger partial charge is 0.344 e. The van der Waals surface area contributed by atoms with Crippen LogP contribution in [0.2, 0.25) is 0 Å². The highest BCUT2D eigenvalue weighted by molar-refractivity contribution is 5.97. The van der Waals surface area contributed by atoms with E-state index in [1.165, 1.54) is 6.92 Å². The number of benzene rings is 1. The quantitative estimate of drug-likeness (QED) is 0.737. The van der Waals surface area contributed by atoms with Crippen molar-refractivity contribution in [2.45, 2.75) is 51.2 Å². The van der Waals surface area contributed by atoms with Crippen molar-refractivity contribution in [3.8, 4) is 11.8 Å². The molecule has 0 radical (unpaired) electrons. The van der Waals surface area contributed by atoms with Crippen molar-refractivity contribution in [3.05, 3.63) is 29.8 Å². The Morgan fingerprint density at radius 2 is 1.85 bits per heavy atom. The molecular weight excluding hydrogens is 350 g/mol. The van der Waals surface area contributed by atoms with Crippen molar-refractivity contribution < 1.29 is 23.9 Å². The molecule has 0 unspecified atom stereocenters. The second-order valence-corrected chi connectivity index (χ2v) is 6.35. The first-order chi connectivity index (χ1) is 13.0. The number of hydrogen-bond donors (Lipinski definition) is 2. The zero-order valence-corrected chi connectivity index (χ0v) is 15.2. The molecule has 0 aliphatic heterocycles. The van der Waals surface area contributed by atoms with Crippen molar-refractivity contribution >= 4 is 17.9 Å². The average molecular weight is 373 g/mol. The minimum absolute atomic E-state index is 0.0743. The van der Waals surface area contributed by atoms with E-state index in [9.17, 15) is 14.4 Å². The molecule has 1 saturated carbocycles. The summed E-state index contributed by atoms with van der Waals surface area (Å²) in [5, 5.41) is 13.7. The molecule has 1 aromatic rings. The first-order valence-corrected chi connectivity index (χ1v) is 8.91. The molecule has 1 aliphatic carbocycles. The number of hydrogen-bond acceptors (Lipinski definition) is 6. The number of carbonyl (C=O) groups is 3. The Hall–Kier alpha value is -3.08. The fraction of sp³-hybridized carbons (Fsp3) is 0.474. The first-order valence-electron chi connectivity index (χ1n) is 8.91. The maximum Gasteiger partial charge on any atom is 0.344 e. The minimum atomic E-state index is -1.13. The molecule has 8 heteroatoms. The van der Waals surface area contributed by atoms with Crippen molar-refractivity contribution in [2.75, 3.05) is 6.61 Å². The van der Waals surface area contributed by atoms with Crippen LogP contribution in [-0.4, -0.2) is 36.7 Å². The van der Waals surface area contributed by atoms with Gasteiger partial charge >= 0.3 is 12.0 Å². The monoisotopic (exact) mass is 373 g/mol. The molecule has 0 heterocycles. The highest BCUT2D eigenvalue weighted by atomic mass is 16.6. The first kappa shape index (κ1) is 20.2. The number of amides is 3. The molecule has 144 valence electrons. The highest BCUT2D eigenvalue weighted by Crippen LogP contribution is 2.17. The number of nitriles is 1. The molecule has 1 atom stereocenters. The number of nitrogens with zero attached hydrogens (tertiary/aromatic N) is 1. The van der Waals surface area contributed by atoms with Crippen LogP contribution in [0.3, 0.4) is 0 Å². The fourth-order valence-electron chi connectivity index (χ4n) is 2.73. The van der Waals surface area contributed by atoms with E-state index in [1.54, 1.807) is 24.3 Å². The number of nitrogens with one attached hydrogen (secondary N) is 2. The van der Waals surface area contributed by atoms with Crippen LogP contribution in [0.5, 0.6) is 5.75 Å². The molecule has 1 aliphatic rings. The molecule has 8 nitrogen and oxygen atoms in total. The third-order valence-electron chi connectivity index (χ3n) is 4.19. The summed E-state index contributed by atoms with van der Waals surface area (Å²) in [6.07, 6.45) is 3.96. The summed E-state index contributed by atoms with van der Waals surface area (Å²) in [4.78, 5) is 35.6. The molecule has 0 aromatic heterocycles. The highest BCUT2D eigenvalue weighted by Gasteiger charge is 2.22. The number of esters is 1. The predicted molar refractivity (Wildman–Crippen MR) is 95.8 cm³/mol. The summed E-state index contributed by atoms with van der Waals surface area (Å²) in [6, 6.07) is 7.69. The fourth-order valence-corrected chi connectivity index (χ4v) is 2.73. The van der Waals surface area contributed by atoms with Crippen molar-refractivity contribution in [3.63, 3.8) is 0 Å². The van der Waals surface area contributed by atoms with Crippen LogP contribution >= 0.6 is 0 Å². The summed E-state index contributed by atoms with van der Waals surface area (Å²) in [5.41, 5.74) is 0.474. The predicted octanol–water partition coefficient (Wildman–Crippen LogP) is 2.03. The van der Waals surface area contributed by atoms with Gasteiger partial charge in [-0.05, 0) is 44.0 Å². The van der Waals surface area contributed by atoms with Gasteiger partial charge in [-0.2, -0.15) is 5.26 Å². The Bertz CT molecular complexity index is 705. The number of urea groups is 1.